The molecule has 0 radical (unpaired) electrons. The Kier molecular flexibility index (Phi) is 4.64. The molecule has 1 amide bonds. The number of hydrogen-bond donors (Lipinski definition) is 2. The Hall–Kier alpha value is -1.86. The molecule has 2 N–H and O–H groups in total. The minimum Gasteiger partial charge on any atom is -0.351 e. The summed E-state index contributed by atoms with van der Waals surface area (Å²) < 4.78 is 25.2. The van der Waals surface area contributed by atoms with E-state index in [4.69, 9.17) is 0 Å². The highest BCUT2D eigenvalue weighted by atomic mass is 32.2. The summed E-state index contributed by atoms with van der Waals surface area (Å²) >= 11 is 0. The minimum absolute atomic E-state index is 0.0659. The second-order valence-corrected chi connectivity index (χ2v) is 8.38. The Balaban J connectivity index is 1.82. The molecule has 0 unspecified atom stereocenters. The number of nitrogens with zero attached hydrogens (tertiary/aromatic N) is 1. The number of carbonyl (C=O) groups excluding carboxylic acids is 1. The van der Waals surface area contributed by atoms with Gasteiger partial charge in [0.25, 0.3) is 5.91 Å². The van der Waals surface area contributed by atoms with Gasteiger partial charge >= 0.3 is 0 Å². The van der Waals surface area contributed by atoms with Crippen molar-refractivity contribution in [2.45, 2.75) is 32.2 Å². The third kappa shape index (κ3) is 3.79. The van der Waals surface area contributed by atoms with Crippen LogP contribution in [0.25, 0.3) is 10.9 Å². The van der Waals surface area contributed by atoms with E-state index in [1.807, 2.05) is 31.2 Å². The molecule has 7 heteroatoms. The van der Waals surface area contributed by atoms with Crippen LogP contribution in [0, 0.1) is 6.92 Å². The lowest BCUT2D eigenvalue weighted by molar-refractivity contribution is 0.0613. The topological polar surface area (TPSA) is 82.3 Å². The molecule has 24 heavy (non-hydrogen) atoms. The molecule has 2 heterocycles. The van der Waals surface area contributed by atoms with E-state index >= 15 is 0 Å². The van der Waals surface area contributed by atoms with Crippen LogP contribution in [0.15, 0.2) is 24.3 Å². The van der Waals surface area contributed by atoms with Crippen molar-refractivity contribution in [2.75, 3.05) is 19.3 Å². The van der Waals surface area contributed by atoms with Crippen molar-refractivity contribution in [3.63, 3.8) is 0 Å². The number of aromatic nitrogens is 1. The minimum atomic E-state index is -3.26. The van der Waals surface area contributed by atoms with Gasteiger partial charge in [0.2, 0.25) is 10.0 Å². The Morgan fingerprint density at radius 2 is 2.12 bits per heavy atom. The van der Waals surface area contributed by atoms with Crippen LogP contribution in [-0.4, -0.2) is 49.6 Å². The first-order valence-corrected chi connectivity index (χ1v) is 10.1. The molecule has 2 aromatic rings. The molecule has 0 aliphatic carbocycles. The van der Waals surface area contributed by atoms with Crippen LogP contribution < -0.4 is 4.72 Å². The van der Waals surface area contributed by atoms with E-state index in [1.165, 1.54) is 0 Å². The van der Waals surface area contributed by atoms with E-state index in [1.54, 1.807) is 4.90 Å². The lowest BCUT2D eigenvalue weighted by Crippen LogP contribution is -2.49. The van der Waals surface area contributed by atoms with Gasteiger partial charge in [-0.25, -0.2) is 13.1 Å². The summed E-state index contributed by atoms with van der Waals surface area (Å²) in [6.45, 7) is 2.94. The van der Waals surface area contributed by atoms with E-state index in [9.17, 15) is 13.2 Å². The molecule has 130 valence electrons. The van der Waals surface area contributed by atoms with Crippen molar-refractivity contribution >= 4 is 26.8 Å². The van der Waals surface area contributed by atoms with Gasteiger partial charge in [0.1, 0.15) is 5.69 Å². The molecule has 1 fully saturated rings. The van der Waals surface area contributed by atoms with Crippen molar-refractivity contribution in [1.82, 2.24) is 14.6 Å². The van der Waals surface area contributed by atoms with Crippen LogP contribution in [0.3, 0.4) is 0 Å². The molecular weight excluding hydrogens is 326 g/mol. The standard InChI is InChI=1S/C17H23N3O3S/c1-12-6-7-13-10-16(19-15(13)9-12)17(21)20-8-4-3-5-14(20)11-18-24(2,22)23/h6-7,9-10,14,18-19H,3-5,8,11H2,1-2H3/t14-/m0/s1. The maximum absolute atomic E-state index is 12.9. The van der Waals surface area contributed by atoms with Gasteiger partial charge in [0, 0.05) is 30.0 Å². The van der Waals surface area contributed by atoms with Crippen LogP contribution >= 0.6 is 0 Å². The summed E-state index contributed by atoms with van der Waals surface area (Å²) in [5.41, 5.74) is 2.64. The molecule has 0 saturated carbocycles. The lowest BCUT2D eigenvalue weighted by atomic mass is 10.0. The summed E-state index contributed by atoms with van der Waals surface area (Å²) in [5, 5.41) is 1.01. The predicted octanol–water partition coefficient (Wildman–Crippen LogP) is 2.02. The largest absolute Gasteiger partial charge is 0.351 e. The van der Waals surface area contributed by atoms with Crippen LogP contribution in [0.5, 0.6) is 0 Å². The molecule has 1 aliphatic rings. The van der Waals surface area contributed by atoms with Gasteiger partial charge in [0.05, 0.1) is 6.26 Å². The number of benzene rings is 1. The Bertz CT molecular complexity index is 857. The number of aryl methyl sites for hydroxylation is 1. The molecule has 1 aromatic heterocycles. The number of nitrogens with one attached hydrogen (secondary N) is 2. The number of H-pyrrole nitrogens is 1. The summed E-state index contributed by atoms with van der Waals surface area (Å²) in [6.07, 6.45) is 3.90. The van der Waals surface area contributed by atoms with Crippen LogP contribution in [-0.2, 0) is 10.0 Å². The van der Waals surface area contributed by atoms with Crippen molar-refractivity contribution in [2.24, 2.45) is 0 Å². The third-order valence-electron chi connectivity index (χ3n) is 4.48. The number of carbonyl (C=O) groups is 1. The molecule has 1 aromatic carbocycles. The van der Waals surface area contributed by atoms with Crippen LogP contribution in [0.1, 0.15) is 35.3 Å². The number of sulfonamides is 1. The average molecular weight is 349 g/mol. The highest BCUT2D eigenvalue weighted by Crippen LogP contribution is 2.22. The maximum atomic E-state index is 12.9. The smallest absolute Gasteiger partial charge is 0.270 e. The van der Waals surface area contributed by atoms with E-state index in [-0.39, 0.29) is 18.5 Å². The van der Waals surface area contributed by atoms with Crippen molar-refractivity contribution in [1.29, 1.82) is 0 Å². The van der Waals surface area contributed by atoms with Gasteiger partial charge < -0.3 is 9.88 Å². The third-order valence-corrected chi connectivity index (χ3v) is 5.17. The second-order valence-electron chi connectivity index (χ2n) is 6.54. The summed E-state index contributed by atoms with van der Waals surface area (Å²) in [6, 6.07) is 7.80. The maximum Gasteiger partial charge on any atom is 0.270 e. The normalized spacial score (nSPS) is 18.9. The van der Waals surface area contributed by atoms with Gasteiger partial charge in [-0.1, -0.05) is 12.1 Å². The van der Waals surface area contributed by atoms with E-state index < -0.39 is 10.0 Å². The molecule has 3 rings (SSSR count). The van der Waals surface area contributed by atoms with Gasteiger partial charge in [-0.2, -0.15) is 0 Å². The number of likely N-dealkylation sites (tertiary alicyclic amines) is 1. The first-order chi connectivity index (χ1) is 11.3. The number of amides is 1. The zero-order valence-corrected chi connectivity index (χ0v) is 14.8. The highest BCUT2D eigenvalue weighted by Gasteiger charge is 2.28. The molecule has 0 spiro atoms. The van der Waals surface area contributed by atoms with Gasteiger partial charge in [-0.3, -0.25) is 4.79 Å². The van der Waals surface area contributed by atoms with E-state index in [0.717, 1.165) is 42.0 Å². The molecule has 6 nitrogen and oxygen atoms in total. The predicted molar refractivity (Wildman–Crippen MR) is 94.6 cm³/mol. The lowest BCUT2D eigenvalue weighted by Gasteiger charge is -2.35. The highest BCUT2D eigenvalue weighted by molar-refractivity contribution is 7.88. The van der Waals surface area contributed by atoms with E-state index in [0.29, 0.717) is 12.2 Å². The van der Waals surface area contributed by atoms with Crippen LogP contribution in [0.2, 0.25) is 0 Å². The monoisotopic (exact) mass is 349 g/mol. The average Bonchev–Trinajstić information content (AvgIpc) is 2.95. The number of fused-ring (bicyclic) bond motifs is 1. The Morgan fingerprint density at radius 1 is 1.33 bits per heavy atom. The zero-order chi connectivity index (χ0) is 17.3. The van der Waals surface area contributed by atoms with Gasteiger partial charge in [-0.15, -0.1) is 0 Å². The fourth-order valence-electron chi connectivity index (χ4n) is 3.24. The zero-order valence-electron chi connectivity index (χ0n) is 14.0. The Labute approximate surface area is 142 Å². The summed E-state index contributed by atoms with van der Waals surface area (Å²) in [4.78, 5) is 17.9. The number of aromatic amines is 1. The number of piperidine rings is 1. The van der Waals surface area contributed by atoms with Gasteiger partial charge in [-0.05, 0) is 43.9 Å². The van der Waals surface area contributed by atoms with Crippen molar-refractivity contribution in [3.8, 4) is 0 Å². The first-order valence-electron chi connectivity index (χ1n) is 8.18. The SMILES string of the molecule is Cc1ccc2cc(C(=O)N3CCCC[C@H]3CNS(C)(=O)=O)[nH]c2c1. The quantitative estimate of drug-likeness (QED) is 0.886. The molecule has 1 saturated heterocycles. The second kappa shape index (κ2) is 6.57. The number of rotatable bonds is 4. The fourth-order valence-corrected chi connectivity index (χ4v) is 3.73. The Morgan fingerprint density at radius 3 is 2.88 bits per heavy atom. The van der Waals surface area contributed by atoms with Gasteiger partial charge in [0.15, 0.2) is 0 Å². The molecule has 1 atom stereocenters. The fraction of sp³-hybridized carbons (Fsp3) is 0.471. The first kappa shape index (κ1) is 17.0. The molecule has 1 aliphatic heterocycles. The molecule has 0 bridgehead atoms. The van der Waals surface area contributed by atoms with Crippen molar-refractivity contribution in [3.05, 3.63) is 35.5 Å². The summed E-state index contributed by atoms with van der Waals surface area (Å²) in [7, 11) is -3.26. The van der Waals surface area contributed by atoms with Crippen molar-refractivity contribution < 1.29 is 13.2 Å². The summed E-state index contributed by atoms with van der Waals surface area (Å²) in [5.74, 6) is -0.0659. The molecular formula is C17H23N3O3S. The van der Waals surface area contributed by atoms with E-state index in [2.05, 4.69) is 9.71 Å². The van der Waals surface area contributed by atoms with Crippen LogP contribution in [0.4, 0.5) is 0 Å². The number of hydrogen-bond acceptors (Lipinski definition) is 3.